The van der Waals surface area contributed by atoms with Crippen molar-refractivity contribution >= 4 is 14.3 Å². The molecular formula is C29H48O3Si. The second-order valence-corrected chi connectivity index (χ2v) is 13.7. The van der Waals surface area contributed by atoms with Gasteiger partial charge in [0.15, 0.2) is 8.32 Å². The number of hydrogen-bond acceptors (Lipinski definition) is 3. The molecule has 0 aromatic carbocycles. The minimum absolute atomic E-state index is 0.0378. The minimum atomic E-state index is -1.67. The largest absolute Gasteiger partial charge is 0.457 e. The number of carbonyl (C=O) groups excluding carboxylic acids is 1. The van der Waals surface area contributed by atoms with E-state index in [1.165, 1.54) is 0 Å². The third kappa shape index (κ3) is 12.3. The molecule has 0 saturated carbocycles. The Kier molecular flexibility index (Phi) is 16.7. The van der Waals surface area contributed by atoms with E-state index in [9.17, 15) is 4.79 Å². The highest BCUT2D eigenvalue weighted by molar-refractivity contribution is 6.73. The van der Waals surface area contributed by atoms with Gasteiger partial charge in [0, 0.05) is 24.9 Å². The van der Waals surface area contributed by atoms with E-state index in [0.29, 0.717) is 6.42 Å². The van der Waals surface area contributed by atoms with Crippen molar-refractivity contribution in [2.24, 2.45) is 11.8 Å². The van der Waals surface area contributed by atoms with Crippen LogP contribution in [0, 0.1) is 35.5 Å². The fourth-order valence-electron chi connectivity index (χ4n) is 3.95. The molecule has 0 radical (unpaired) electrons. The fraction of sp³-hybridized carbons (Fsp3) is 0.690. The summed E-state index contributed by atoms with van der Waals surface area (Å²) in [6.45, 7) is 19.0. The first-order valence-electron chi connectivity index (χ1n) is 12.7. The van der Waals surface area contributed by atoms with Crippen LogP contribution in [0.15, 0.2) is 23.8 Å². The van der Waals surface area contributed by atoms with Gasteiger partial charge in [-0.2, -0.15) is 0 Å². The molecule has 0 aliphatic carbocycles. The summed E-state index contributed by atoms with van der Waals surface area (Å²) in [4.78, 5) is 12.6. The number of hydrogen-bond donors (Lipinski definition) is 0. The van der Waals surface area contributed by atoms with Crippen LogP contribution in [0.3, 0.4) is 0 Å². The zero-order valence-electron chi connectivity index (χ0n) is 22.7. The predicted molar refractivity (Wildman–Crippen MR) is 144 cm³/mol. The summed E-state index contributed by atoms with van der Waals surface area (Å²) in [6.07, 6.45) is 8.91. The maximum absolute atomic E-state index is 12.6. The molecule has 4 atom stereocenters. The number of carbonyl (C=O) groups is 1. The van der Waals surface area contributed by atoms with Gasteiger partial charge in [0.25, 0.3) is 0 Å². The van der Waals surface area contributed by atoms with Crippen LogP contribution in [-0.2, 0) is 14.0 Å². The summed E-state index contributed by atoms with van der Waals surface area (Å²) in [5.41, 5.74) is 1.07. The lowest BCUT2D eigenvalue weighted by Gasteiger charge is -2.34. The lowest BCUT2D eigenvalue weighted by atomic mass is 9.93. The van der Waals surface area contributed by atoms with Crippen LogP contribution in [0.2, 0.25) is 18.1 Å². The monoisotopic (exact) mass is 472 g/mol. The molecule has 3 nitrogen and oxygen atoms in total. The van der Waals surface area contributed by atoms with E-state index in [1.807, 2.05) is 26.0 Å². The van der Waals surface area contributed by atoms with Crippen molar-refractivity contribution in [1.29, 1.82) is 0 Å². The molecule has 0 aromatic heterocycles. The highest BCUT2D eigenvalue weighted by atomic mass is 28.4. The lowest BCUT2D eigenvalue weighted by molar-refractivity contribution is -0.148. The zero-order chi connectivity index (χ0) is 25.3. The molecule has 0 aliphatic heterocycles. The Balaban J connectivity index is 5.44. The van der Waals surface area contributed by atoms with Gasteiger partial charge in [0.1, 0.15) is 6.10 Å². The normalized spacial score (nSPS) is 15.6. The molecule has 0 bridgehead atoms. The Labute approximate surface area is 205 Å². The first-order chi connectivity index (χ1) is 15.7. The average Bonchev–Trinajstić information content (AvgIpc) is 2.80. The Hall–Kier alpha value is -1.75. The molecule has 0 rings (SSSR count). The van der Waals surface area contributed by atoms with E-state index in [1.54, 1.807) is 0 Å². The summed E-state index contributed by atoms with van der Waals surface area (Å²) in [5.74, 6) is 11.9. The molecule has 0 aliphatic rings. The fourth-order valence-corrected chi connectivity index (χ4v) is 6.96. The lowest BCUT2D eigenvalue weighted by Crippen LogP contribution is -2.40. The third-order valence-corrected chi connectivity index (χ3v) is 11.3. The van der Waals surface area contributed by atoms with Gasteiger partial charge in [-0.05, 0) is 76.2 Å². The number of rotatable bonds is 15. The summed E-state index contributed by atoms with van der Waals surface area (Å²) < 4.78 is 12.7. The molecule has 0 spiro atoms. The number of ether oxygens (including phenoxy) is 1. The van der Waals surface area contributed by atoms with Crippen molar-refractivity contribution in [2.45, 2.75) is 118 Å². The van der Waals surface area contributed by atoms with Crippen LogP contribution >= 0.6 is 0 Å². The smallest absolute Gasteiger partial charge is 0.306 e. The summed E-state index contributed by atoms with van der Waals surface area (Å²) in [6, 6.07) is 3.43. The van der Waals surface area contributed by atoms with Crippen molar-refractivity contribution in [2.75, 3.05) is 0 Å². The van der Waals surface area contributed by atoms with Crippen LogP contribution < -0.4 is 0 Å². The van der Waals surface area contributed by atoms with E-state index in [2.05, 4.69) is 78.2 Å². The van der Waals surface area contributed by atoms with Crippen LogP contribution in [0.4, 0.5) is 0 Å². The van der Waals surface area contributed by atoms with Gasteiger partial charge in [-0.1, -0.05) is 52.7 Å². The van der Waals surface area contributed by atoms with Crippen molar-refractivity contribution < 1.29 is 14.0 Å². The molecule has 186 valence electrons. The molecular weight excluding hydrogens is 424 g/mol. The van der Waals surface area contributed by atoms with E-state index in [-0.39, 0.29) is 30.0 Å². The first-order valence-corrected chi connectivity index (χ1v) is 15.3. The zero-order valence-corrected chi connectivity index (χ0v) is 23.7. The molecule has 0 amide bonds. The van der Waals surface area contributed by atoms with Crippen molar-refractivity contribution in [3.8, 4) is 23.7 Å². The average molecular weight is 473 g/mol. The standard InChI is InChI=1S/C29H48O3Si/c1-10-15-17-18-20-22-28(30)31-29(24(6)21-19-16-11-2)26(8)23-25(7)27(9)32-33(12-3,13-4)14-5/h19,21,23-25,27,29H,12-14,17-18,20,22H2,1-9H3/b21-19+,26-23+/t24-,25-,27+,29+/m0/s1. The molecule has 0 unspecified atom stereocenters. The predicted octanol–water partition coefficient (Wildman–Crippen LogP) is 7.69. The minimum Gasteiger partial charge on any atom is -0.457 e. The van der Waals surface area contributed by atoms with Crippen LogP contribution in [0.1, 0.15) is 88.0 Å². The Morgan fingerprint density at radius 3 is 2.15 bits per heavy atom. The first kappa shape index (κ1) is 31.2. The third-order valence-electron chi connectivity index (χ3n) is 6.56. The van der Waals surface area contributed by atoms with E-state index >= 15 is 0 Å². The van der Waals surface area contributed by atoms with E-state index in [4.69, 9.17) is 9.16 Å². The Morgan fingerprint density at radius 1 is 0.970 bits per heavy atom. The Bertz CT molecular complexity index is 732. The Morgan fingerprint density at radius 2 is 1.61 bits per heavy atom. The van der Waals surface area contributed by atoms with Crippen LogP contribution in [-0.4, -0.2) is 26.5 Å². The molecule has 0 aromatic rings. The number of esters is 1. The van der Waals surface area contributed by atoms with Gasteiger partial charge in [0.2, 0.25) is 0 Å². The van der Waals surface area contributed by atoms with Gasteiger partial charge in [-0.15, -0.1) is 17.8 Å². The van der Waals surface area contributed by atoms with Gasteiger partial charge in [-0.3, -0.25) is 4.79 Å². The van der Waals surface area contributed by atoms with Crippen LogP contribution in [0.5, 0.6) is 0 Å². The quantitative estimate of drug-likeness (QED) is 0.0805. The molecule has 0 fully saturated rings. The molecule has 0 heterocycles. The molecule has 0 saturated heterocycles. The van der Waals surface area contributed by atoms with Gasteiger partial charge in [-0.25, -0.2) is 0 Å². The second kappa shape index (κ2) is 17.7. The summed E-state index contributed by atoms with van der Waals surface area (Å²) >= 11 is 0. The van der Waals surface area contributed by atoms with Crippen molar-refractivity contribution in [3.05, 3.63) is 23.8 Å². The number of unbranched alkanes of at least 4 members (excludes halogenated alkanes) is 2. The highest BCUT2D eigenvalue weighted by Gasteiger charge is 2.32. The molecule has 0 N–H and O–H groups in total. The van der Waals surface area contributed by atoms with E-state index < -0.39 is 8.32 Å². The van der Waals surface area contributed by atoms with Gasteiger partial charge >= 0.3 is 5.97 Å². The van der Waals surface area contributed by atoms with Crippen molar-refractivity contribution in [3.63, 3.8) is 0 Å². The molecule has 4 heteroatoms. The van der Waals surface area contributed by atoms with Crippen LogP contribution in [0.25, 0.3) is 0 Å². The topological polar surface area (TPSA) is 35.5 Å². The summed E-state index contributed by atoms with van der Waals surface area (Å²) in [7, 11) is -1.67. The highest BCUT2D eigenvalue weighted by Crippen LogP contribution is 2.27. The second-order valence-electron chi connectivity index (χ2n) is 8.99. The van der Waals surface area contributed by atoms with Gasteiger partial charge in [0.05, 0.1) is 0 Å². The van der Waals surface area contributed by atoms with E-state index in [0.717, 1.165) is 43.0 Å². The number of allylic oxidation sites excluding steroid dienone is 1. The van der Waals surface area contributed by atoms with Gasteiger partial charge < -0.3 is 9.16 Å². The maximum Gasteiger partial charge on any atom is 0.306 e. The molecule has 33 heavy (non-hydrogen) atoms. The van der Waals surface area contributed by atoms with Crippen molar-refractivity contribution in [1.82, 2.24) is 0 Å². The maximum atomic E-state index is 12.6. The SMILES string of the molecule is CC#C/C=C/[C@H](C)[C@@H](OC(=O)CCCCC#CC)/C(C)=C/[C@H](C)[C@@H](C)O[Si](CC)(CC)CC. The summed E-state index contributed by atoms with van der Waals surface area (Å²) in [5, 5.41) is 0.